The number of benzene rings is 1. The number of phenols is 3. The van der Waals surface area contributed by atoms with Gasteiger partial charge in [-0.05, 0) is 13.8 Å². The molecule has 16 heavy (non-hydrogen) atoms. The summed E-state index contributed by atoms with van der Waals surface area (Å²) in [6, 6.07) is 1.86. The summed E-state index contributed by atoms with van der Waals surface area (Å²) in [4.78, 5) is 22.7. The highest BCUT2D eigenvalue weighted by atomic mass is 16.3. The molecule has 86 valence electrons. The first-order valence-corrected chi connectivity index (χ1v) is 4.64. The molecule has 0 radical (unpaired) electrons. The van der Waals surface area contributed by atoms with Gasteiger partial charge in [-0.25, -0.2) is 0 Å². The van der Waals surface area contributed by atoms with Crippen molar-refractivity contribution in [2.75, 3.05) is 0 Å². The van der Waals surface area contributed by atoms with E-state index in [0.717, 1.165) is 12.1 Å². The van der Waals surface area contributed by atoms with Crippen LogP contribution in [0, 0.1) is 5.92 Å². The second kappa shape index (κ2) is 4.22. The number of carbonyl (C=O) groups is 2. The van der Waals surface area contributed by atoms with E-state index in [1.807, 2.05) is 0 Å². The first-order valence-electron chi connectivity index (χ1n) is 4.64. The third-order valence-corrected chi connectivity index (χ3v) is 2.33. The normalized spacial score (nSPS) is 12.1. The number of aromatic hydroxyl groups is 3. The van der Waals surface area contributed by atoms with E-state index in [2.05, 4.69) is 0 Å². The maximum absolute atomic E-state index is 11.7. The highest BCUT2D eigenvalue weighted by Crippen LogP contribution is 2.33. The molecular weight excluding hydrogens is 212 g/mol. The lowest BCUT2D eigenvalue weighted by Gasteiger charge is -2.10. The molecule has 0 amide bonds. The first kappa shape index (κ1) is 12.0. The molecule has 0 aliphatic rings. The Morgan fingerprint density at radius 1 is 1.12 bits per heavy atom. The molecule has 0 bridgehead atoms. The van der Waals surface area contributed by atoms with Crippen molar-refractivity contribution in [3.8, 4) is 17.2 Å². The summed E-state index contributed by atoms with van der Waals surface area (Å²) in [5.41, 5.74) is -0.347. The summed E-state index contributed by atoms with van der Waals surface area (Å²) in [7, 11) is 0. The molecule has 1 aromatic carbocycles. The predicted octanol–water partition coefficient (Wildman–Crippen LogP) is 1.21. The van der Waals surface area contributed by atoms with Crippen molar-refractivity contribution in [1.29, 1.82) is 0 Å². The molecule has 0 fully saturated rings. The van der Waals surface area contributed by atoms with E-state index in [-0.39, 0.29) is 17.1 Å². The third kappa shape index (κ3) is 2.13. The van der Waals surface area contributed by atoms with Gasteiger partial charge in [0.25, 0.3) is 0 Å². The second-order valence-electron chi connectivity index (χ2n) is 3.56. The van der Waals surface area contributed by atoms with Crippen molar-refractivity contribution in [2.24, 2.45) is 5.92 Å². The summed E-state index contributed by atoms with van der Waals surface area (Å²) < 4.78 is 0. The van der Waals surface area contributed by atoms with Crippen LogP contribution >= 0.6 is 0 Å². The third-order valence-electron chi connectivity index (χ3n) is 2.33. The first-order chi connectivity index (χ1) is 7.34. The topological polar surface area (TPSA) is 94.8 Å². The van der Waals surface area contributed by atoms with E-state index in [9.17, 15) is 19.8 Å². The van der Waals surface area contributed by atoms with Gasteiger partial charge in [0.2, 0.25) is 0 Å². The number of hydrogen-bond acceptors (Lipinski definition) is 5. The van der Waals surface area contributed by atoms with Crippen LogP contribution < -0.4 is 0 Å². The van der Waals surface area contributed by atoms with Crippen LogP contribution in [0.1, 0.15) is 24.2 Å². The van der Waals surface area contributed by atoms with Gasteiger partial charge in [0, 0.05) is 12.1 Å². The molecule has 3 N–H and O–H groups in total. The van der Waals surface area contributed by atoms with Gasteiger partial charge in [-0.2, -0.15) is 0 Å². The lowest BCUT2D eigenvalue weighted by molar-refractivity contribution is -0.118. The smallest absolute Gasteiger partial charge is 0.180 e. The molecule has 1 aromatic rings. The Morgan fingerprint density at radius 2 is 1.56 bits per heavy atom. The monoisotopic (exact) mass is 224 g/mol. The Balaban J connectivity index is 3.24. The zero-order valence-corrected chi connectivity index (χ0v) is 8.89. The molecule has 0 aliphatic heterocycles. The lowest BCUT2D eigenvalue weighted by Crippen LogP contribution is -2.18. The van der Waals surface area contributed by atoms with E-state index < -0.39 is 23.2 Å². The fourth-order valence-electron chi connectivity index (χ4n) is 1.25. The van der Waals surface area contributed by atoms with Crippen molar-refractivity contribution in [1.82, 2.24) is 0 Å². The molecule has 1 atom stereocenters. The maximum Gasteiger partial charge on any atom is 0.180 e. The molecule has 1 unspecified atom stereocenters. The summed E-state index contributed by atoms with van der Waals surface area (Å²) in [5.74, 6) is -3.44. The van der Waals surface area contributed by atoms with E-state index in [1.54, 1.807) is 0 Å². The molecular formula is C11H12O5. The predicted molar refractivity (Wildman–Crippen MR) is 55.6 cm³/mol. The lowest BCUT2D eigenvalue weighted by atomic mass is 9.95. The van der Waals surface area contributed by atoms with E-state index in [0.29, 0.717) is 0 Å². The molecule has 1 rings (SSSR count). The van der Waals surface area contributed by atoms with Gasteiger partial charge >= 0.3 is 0 Å². The summed E-state index contributed by atoms with van der Waals surface area (Å²) in [6.45, 7) is 2.63. The highest BCUT2D eigenvalue weighted by Gasteiger charge is 2.25. The summed E-state index contributed by atoms with van der Waals surface area (Å²) >= 11 is 0. The van der Waals surface area contributed by atoms with Gasteiger partial charge in [-0.15, -0.1) is 0 Å². The number of Topliss-reactive ketones (excluding diaryl/α,β-unsaturated/α-hetero) is 2. The van der Waals surface area contributed by atoms with Gasteiger partial charge in [-0.1, -0.05) is 0 Å². The Hall–Kier alpha value is -2.04. The van der Waals surface area contributed by atoms with Crippen LogP contribution in [0.2, 0.25) is 0 Å². The molecule has 5 nitrogen and oxygen atoms in total. The van der Waals surface area contributed by atoms with Gasteiger partial charge in [0.05, 0.1) is 5.92 Å². The molecule has 0 saturated heterocycles. The zero-order valence-electron chi connectivity index (χ0n) is 8.89. The van der Waals surface area contributed by atoms with Crippen molar-refractivity contribution in [2.45, 2.75) is 13.8 Å². The van der Waals surface area contributed by atoms with Crippen molar-refractivity contribution in [3.05, 3.63) is 17.7 Å². The van der Waals surface area contributed by atoms with Gasteiger partial charge in [-0.3, -0.25) is 9.59 Å². The summed E-state index contributed by atoms with van der Waals surface area (Å²) in [6.07, 6.45) is 0. The largest absolute Gasteiger partial charge is 0.508 e. The molecule has 0 spiro atoms. The van der Waals surface area contributed by atoms with E-state index >= 15 is 0 Å². The van der Waals surface area contributed by atoms with Crippen LogP contribution in [0.15, 0.2) is 12.1 Å². The maximum atomic E-state index is 11.7. The van der Waals surface area contributed by atoms with Crippen molar-refractivity contribution >= 4 is 11.6 Å². The second-order valence-corrected chi connectivity index (χ2v) is 3.56. The number of hydrogen-bond donors (Lipinski definition) is 3. The SMILES string of the molecule is CC(=O)C(C)C(=O)c1c(O)cc(O)cc1O. The Labute approximate surface area is 92.0 Å². The van der Waals surface area contributed by atoms with Gasteiger partial charge in [0.15, 0.2) is 5.78 Å². The van der Waals surface area contributed by atoms with Crippen LogP contribution in [0.25, 0.3) is 0 Å². The average molecular weight is 224 g/mol. The van der Waals surface area contributed by atoms with Crippen LogP contribution in [0.3, 0.4) is 0 Å². The van der Waals surface area contributed by atoms with Crippen molar-refractivity contribution in [3.63, 3.8) is 0 Å². The minimum Gasteiger partial charge on any atom is -0.508 e. The number of rotatable bonds is 3. The quantitative estimate of drug-likeness (QED) is 0.530. The Kier molecular flexibility index (Phi) is 3.17. The fraction of sp³-hybridized carbons (Fsp3) is 0.273. The van der Waals surface area contributed by atoms with Crippen LogP contribution in [-0.4, -0.2) is 26.9 Å². The molecule has 5 heteroatoms. The highest BCUT2D eigenvalue weighted by molar-refractivity contribution is 6.12. The van der Waals surface area contributed by atoms with Crippen LogP contribution in [0.4, 0.5) is 0 Å². The minimum atomic E-state index is -0.943. The standard InChI is InChI=1S/C11H12O5/c1-5(6(2)12)11(16)10-8(14)3-7(13)4-9(10)15/h3-5,13-15H,1-2H3. The van der Waals surface area contributed by atoms with Gasteiger partial charge < -0.3 is 15.3 Å². The van der Waals surface area contributed by atoms with Gasteiger partial charge in [0.1, 0.15) is 28.6 Å². The molecule has 0 heterocycles. The molecule has 0 aromatic heterocycles. The zero-order chi connectivity index (χ0) is 12.5. The Morgan fingerprint density at radius 3 is 1.94 bits per heavy atom. The number of carbonyl (C=O) groups excluding carboxylic acids is 2. The summed E-state index contributed by atoms with van der Waals surface area (Å²) in [5, 5.41) is 27.9. The average Bonchev–Trinajstić information content (AvgIpc) is 2.14. The Bertz CT molecular complexity index is 427. The van der Waals surface area contributed by atoms with Crippen LogP contribution in [0.5, 0.6) is 17.2 Å². The molecule has 0 saturated carbocycles. The number of ketones is 2. The van der Waals surface area contributed by atoms with Crippen LogP contribution in [-0.2, 0) is 4.79 Å². The van der Waals surface area contributed by atoms with E-state index in [1.165, 1.54) is 13.8 Å². The minimum absolute atomic E-state index is 0.347. The van der Waals surface area contributed by atoms with Crippen molar-refractivity contribution < 1.29 is 24.9 Å². The van der Waals surface area contributed by atoms with E-state index in [4.69, 9.17) is 5.11 Å². The fourth-order valence-corrected chi connectivity index (χ4v) is 1.25. The number of phenolic OH excluding ortho intramolecular Hbond substituents is 3. The molecule has 0 aliphatic carbocycles.